The van der Waals surface area contributed by atoms with Gasteiger partial charge in [0.15, 0.2) is 23.0 Å². The number of aliphatic carboxylic acids is 1. The third-order valence-electron chi connectivity index (χ3n) is 17.5. The van der Waals surface area contributed by atoms with Gasteiger partial charge in [0.2, 0.25) is 0 Å². The van der Waals surface area contributed by atoms with E-state index in [1.165, 1.54) is 131 Å². The van der Waals surface area contributed by atoms with E-state index >= 15 is 0 Å². The smallest absolute Gasteiger partial charge is 0.315 e. The van der Waals surface area contributed by atoms with Crippen molar-refractivity contribution >= 4 is 16.9 Å². The highest BCUT2D eigenvalue weighted by Gasteiger charge is 2.54. The standard InChI is InChI=1S/C32H56N8.C18H20O6.Si/c1-2-10-18-17(9-1)25-33-26(18)38-28-21-13-5-6-14-22(21)30(35-28)40-32-24-16-8-7-15-23(24)31(36-32)39-29-20-12-4-3-11-19(20)27(34-29)37-25;1-21-13-7-5-11(9-15(13)23-3)17(18(19)20)12-6-8-14(22-2)16(10-12)24-4;/h17-40H,1-16H2;5-10,17H,1-4H3,(H,19,20);. The normalized spacial score (nSPS) is 39.3. The Kier molecular flexibility index (Phi) is 15.0. The van der Waals surface area contributed by atoms with E-state index in [0.29, 0.717) is 83.5 Å². The Hall–Kier alpha value is -2.99. The molecule has 2 aromatic rings. The molecule has 8 bridgehead atoms. The second-order valence-electron chi connectivity index (χ2n) is 20.6. The van der Waals surface area contributed by atoms with E-state index in [0.717, 1.165) is 47.3 Å². The fourth-order valence-corrected chi connectivity index (χ4v) is 14.5. The van der Waals surface area contributed by atoms with Gasteiger partial charge in [0.1, 0.15) is 5.92 Å². The van der Waals surface area contributed by atoms with Crippen molar-refractivity contribution in [2.45, 2.75) is 158 Å². The maximum absolute atomic E-state index is 11.9. The van der Waals surface area contributed by atoms with Gasteiger partial charge in [0, 0.05) is 11.0 Å². The van der Waals surface area contributed by atoms with Gasteiger partial charge in [-0.05, 0) is 134 Å². The summed E-state index contributed by atoms with van der Waals surface area (Å²) in [5, 5.41) is 43.5. The van der Waals surface area contributed by atoms with Crippen molar-refractivity contribution < 1.29 is 28.8 Å². The van der Waals surface area contributed by atoms with Crippen LogP contribution in [0.15, 0.2) is 36.4 Å². The fraction of sp³-hybridized carbons (Fsp3) is 0.740. The first-order valence-corrected chi connectivity index (χ1v) is 25.1. The van der Waals surface area contributed by atoms with Crippen LogP contribution in [0.25, 0.3) is 0 Å². The summed E-state index contributed by atoms with van der Waals surface area (Å²) < 4.78 is 20.9. The SMILES string of the molecule is C1CCC2C3NC(NC4NC(NC5NC(NC6NC(N3)C3CCCCC63)C3CCCCC53)C3CCCCC43)C2C1.COc1ccc(C(C(=O)O)c2ccc(OC)c(OC)c2)cc1OC.[Si]. The Balaban J connectivity index is 0.000000185. The molecule has 4 radical (unpaired) electrons. The number of nitrogens with one attached hydrogen (secondary N) is 8. The highest BCUT2D eigenvalue weighted by Crippen LogP contribution is 2.46. The van der Waals surface area contributed by atoms with Crippen LogP contribution >= 0.6 is 0 Å². The monoisotopic (exact) mass is 913 g/mol. The van der Waals surface area contributed by atoms with Gasteiger partial charge in [0.25, 0.3) is 0 Å². The van der Waals surface area contributed by atoms with E-state index in [9.17, 15) is 9.90 Å². The summed E-state index contributed by atoms with van der Waals surface area (Å²) in [6, 6.07) is 10.1. The molecular formula is C50H76N8O6Si. The molecule has 5 heterocycles. The van der Waals surface area contributed by atoms with Crippen LogP contribution in [-0.2, 0) is 4.79 Å². The van der Waals surface area contributed by atoms with Gasteiger partial charge < -0.3 is 24.1 Å². The Morgan fingerprint density at radius 2 is 0.631 bits per heavy atom. The van der Waals surface area contributed by atoms with E-state index < -0.39 is 11.9 Å². The first kappa shape index (κ1) is 47.1. The van der Waals surface area contributed by atoms with E-state index in [4.69, 9.17) is 18.9 Å². The quantitative estimate of drug-likeness (QED) is 0.167. The number of methoxy groups -OCH3 is 4. The van der Waals surface area contributed by atoms with Gasteiger partial charge in [0.05, 0.1) is 77.8 Å². The van der Waals surface area contributed by atoms with Crippen LogP contribution in [0.4, 0.5) is 0 Å². The van der Waals surface area contributed by atoms with Crippen molar-refractivity contribution in [3.8, 4) is 23.0 Å². The summed E-state index contributed by atoms with van der Waals surface area (Å²) in [5.74, 6) is 6.15. The average Bonchev–Trinajstić information content (AvgIpc) is 4.07. The summed E-state index contributed by atoms with van der Waals surface area (Å²) >= 11 is 0. The molecule has 5 aliphatic heterocycles. The zero-order chi connectivity index (χ0) is 43.9. The van der Waals surface area contributed by atoms with Crippen LogP contribution in [0.5, 0.6) is 23.0 Å². The minimum atomic E-state index is -0.977. The molecule has 0 aromatic heterocycles. The number of hydrogen-bond acceptors (Lipinski definition) is 13. The molecule has 356 valence electrons. The first-order valence-electron chi connectivity index (χ1n) is 25.1. The van der Waals surface area contributed by atoms with Gasteiger partial charge in [-0.2, -0.15) is 0 Å². The lowest BCUT2D eigenvalue weighted by atomic mass is 9.76. The van der Waals surface area contributed by atoms with Crippen molar-refractivity contribution in [3.63, 3.8) is 0 Å². The second kappa shape index (κ2) is 20.7. The molecule has 15 heteroatoms. The summed E-state index contributed by atoms with van der Waals surface area (Å²) in [7, 11) is 6.07. The average molecular weight is 913 g/mol. The molecule has 9 fully saturated rings. The van der Waals surface area contributed by atoms with Crippen LogP contribution in [-0.4, -0.2) is 99.8 Å². The number of hydrogen-bond donors (Lipinski definition) is 9. The number of rotatable bonds is 7. The molecule has 0 spiro atoms. The maximum atomic E-state index is 11.9. The zero-order valence-corrected chi connectivity index (χ0v) is 40.1. The molecule has 65 heavy (non-hydrogen) atoms. The van der Waals surface area contributed by atoms with Crippen LogP contribution in [0, 0.1) is 47.3 Å². The van der Waals surface area contributed by atoms with E-state index in [1.54, 1.807) is 36.4 Å². The Labute approximate surface area is 391 Å². The lowest BCUT2D eigenvalue weighted by Crippen LogP contribution is -2.61. The number of carboxylic acids is 1. The Morgan fingerprint density at radius 1 is 0.415 bits per heavy atom. The number of carboxylic acid groups (broad SMARTS) is 1. The molecule has 2 aromatic carbocycles. The van der Waals surface area contributed by atoms with Crippen molar-refractivity contribution in [1.29, 1.82) is 0 Å². The second-order valence-corrected chi connectivity index (χ2v) is 20.6. The van der Waals surface area contributed by atoms with Gasteiger partial charge in [-0.25, -0.2) is 0 Å². The van der Waals surface area contributed by atoms with Crippen LogP contribution in [0.3, 0.4) is 0 Å². The van der Waals surface area contributed by atoms with Gasteiger partial charge in [-0.3, -0.25) is 47.3 Å². The topological polar surface area (TPSA) is 170 Å². The number of ether oxygens (including phenoxy) is 4. The van der Waals surface area contributed by atoms with Crippen molar-refractivity contribution in [2.24, 2.45) is 47.3 Å². The molecule has 8 unspecified atom stereocenters. The molecule has 5 saturated heterocycles. The minimum absolute atomic E-state index is 0. The molecule has 9 aliphatic rings. The summed E-state index contributed by atoms with van der Waals surface area (Å²) in [4.78, 5) is 11.9. The largest absolute Gasteiger partial charge is 0.493 e. The third-order valence-corrected chi connectivity index (χ3v) is 17.5. The van der Waals surface area contributed by atoms with Crippen LogP contribution < -0.4 is 61.5 Å². The maximum Gasteiger partial charge on any atom is 0.315 e. The minimum Gasteiger partial charge on any atom is -0.493 e. The molecule has 8 atom stereocenters. The molecule has 4 aliphatic carbocycles. The summed E-state index contributed by atoms with van der Waals surface area (Å²) in [6.45, 7) is 0. The highest BCUT2D eigenvalue weighted by molar-refractivity contribution is 5.81. The van der Waals surface area contributed by atoms with Crippen LogP contribution in [0.1, 0.15) is 120 Å². The highest BCUT2D eigenvalue weighted by atomic mass is 28.1. The van der Waals surface area contributed by atoms with E-state index in [-0.39, 0.29) is 11.0 Å². The van der Waals surface area contributed by atoms with Gasteiger partial charge >= 0.3 is 5.97 Å². The van der Waals surface area contributed by atoms with E-state index in [1.807, 2.05) is 0 Å². The first-order chi connectivity index (χ1) is 31.3. The lowest BCUT2D eigenvalue weighted by Gasteiger charge is -2.35. The molecular weight excluding hydrogens is 837 g/mol. The predicted molar refractivity (Wildman–Crippen MR) is 252 cm³/mol. The third kappa shape index (κ3) is 9.32. The van der Waals surface area contributed by atoms with Crippen LogP contribution in [0.2, 0.25) is 0 Å². The zero-order valence-electron chi connectivity index (χ0n) is 39.1. The van der Waals surface area contributed by atoms with Crippen molar-refractivity contribution in [2.75, 3.05) is 28.4 Å². The number of benzene rings is 2. The summed E-state index contributed by atoms with van der Waals surface area (Å²) in [6.07, 6.45) is 25.6. The van der Waals surface area contributed by atoms with Gasteiger partial charge in [-0.1, -0.05) is 63.5 Å². The Morgan fingerprint density at radius 3 is 0.815 bits per heavy atom. The Bertz CT molecular complexity index is 1670. The van der Waals surface area contributed by atoms with Crippen molar-refractivity contribution in [3.05, 3.63) is 47.5 Å². The molecule has 9 N–H and O–H groups in total. The molecule has 14 nitrogen and oxygen atoms in total. The molecule has 11 rings (SSSR count). The number of carbonyl (C=O) groups is 1. The summed E-state index contributed by atoms with van der Waals surface area (Å²) in [5.41, 5.74) is 1.15. The lowest BCUT2D eigenvalue weighted by molar-refractivity contribution is -0.137. The number of fused-ring (bicyclic) bond motifs is 20. The fourth-order valence-electron chi connectivity index (χ4n) is 14.5. The molecule has 0 amide bonds. The van der Waals surface area contributed by atoms with Crippen molar-refractivity contribution in [1.82, 2.24) is 42.5 Å². The molecule has 4 saturated carbocycles. The van der Waals surface area contributed by atoms with E-state index in [2.05, 4.69) is 42.5 Å². The predicted octanol–water partition coefficient (Wildman–Crippen LogP) is 5.16. The van der Waals surface area contributed by atoms with Gasteiger partial charge in [-0.15, -0.1) is 0 Å².